The highest BCUT2D eigenvalue weighted by Crippen LogP contribution is 2.18. The van der Waals surface area contributed by atoms with Crippen molar-refractivity contribution in [1.29, 1.82) is 0 Å². The number of H-pyrrole nitrogens is 1. The Balaban J connectivity index is 1.48. The Bertz CT molecular complexity index is 947. The molecule has 0 bridgehead atoms. The average Bonchev–Trinajstić information content (AvgIpc) is 3.10. The van der Waals surface area contributed by atoms with E-state index in [-0.39, 0.29) is 18.9 Å². The topological polar surface area (TPSA) is 71.6 Å². The van der Waals surface area contributed by atoms with Gasteiger partial charge in [0, 0.05) is 30.7 Å². The van der Waals surface area contributed by atoms with E-state index in [0.717, 1.165) is 27.8 Å². The van der Waals surface area contributed by atoms with E-state index < -0.39 is 5.97 Å². The van der Waals surface area contributed by atoms with Gasteiger partial charge in [-0.25, -0.2) is 0 Å². The third-order valence-corrected chi connectivity index (χ3v) is 4.45. The van der Waals surface area contributed by atoms with Gasteiger partial charge in [0.25, 0.3) is 5.91 Å². The summed E-state index contributed by atoms with van der Waals surface area (Å²) in [5.41, 5.74) is 2.80. The minimum Gasteiger partial charge on any atom is -0.494 e. The Morgan fingerprint density at radius 1 is 1.07 bits per heavy atom. The number of esters is 1. The Morgan fingerprint density at radius 2 is 1.82 bits per heavy atom. The summed E-state index contributed by atoms with van der Waals surface area (Å²) in [4.78, 5) is 29.0. The fraction of sp³-hybridized carbons (Fsp3) is 0.273. The molecule has 0 atom stereocenters. The molecule has 0 saturated carbocycles. The number of hydrogen-bond acceptors (Lipinski definition) is 4. The van der Waals surface area contributed by atoms with Crippen molar-refractivity contribution in [3.05, 3.63) is 65.9 Å². The van der Waals surface area contributed by atoms with Crippen molar-refractivity contribution in [2.75, 3.05) is 20.3 Å². The second kappa shape index (κ2) is 9.08. The molecule has 0 saturated heterocycles. The zero-order valence-electron chi connectivity index (χ0n) is 16.1. The van der Waals surface area contributed by atoms with Crippen molar-refractivity contribution in [2.24, 2.45) is 0 Å². The number of aromatic amines is 1. The molecule has 0 aliphatic heterocycles. The Hall–Kier alpha value is -3.28. The first-order valence-corrected chi connectivity index (χ1v) is 9.23. The van der Waals surface area contributed by atoms with E-state index in [2.05, 4.69) is 4.98 Å². The summed E-state index contributed by atoms with van der Waals surface area (Å²) >= 11 is 0. The van der Waals surface area contributed by atoms with Gasteiger partial charge in [0.05, 0.1) is 13.0 Å². The van der Waals surface area contributed by atoms with Crippen molar-refractivity contribution in [1.82, 2.24) is 9.88 Å². The minimum absolute atomic E-state index is 0.125. The van der Waals surface area contributed by atoms with E-state index in [1.165, 1.54) is 4.90 Å². The number of fused-ring (bicyclic) bond motifs is 1. The van der Waals surface area contributed by atoms with Gasteiger partial charge in [0.1, 0.15) is 5.75 Å². The van der Waals surface area contributed by atoms with Gasteiger partial charge in [-0.1, -0.05) is 30.3 Å². The van der Waals surface area contributed by atoms with Gasteiger partial charge in [-0.05, 0) is 36.2 Å². The largest absolute Gasteiger partial charge is 0.494 e. The maximum absolute atomic E-state index is 12.3. The standard InChI is InChI=1S/C22H24N2O4/c1-3-27-18-10-8-16(9-11-18)14-24(2)21(25)15-28-22(26)12-17-13-23-20-7-5-4-6-19(17)20/h4-11,13,23H,3,12,14-15H2,1-2H3. The molecule has 0 spiro atoms. The summed E-state index contributed by atoms with van der Waals surface area (Å²) in [5, 5.41) is 0.985. The average molecular weight is 380 g/mol. The second-order valence-electron chi connectivity index (χ2n) is 6.52. The van der Waals surface area contributed by atoms with Gasteiger partial charge >= 0.3 is 5.97 Å². The Kier molecular flexibility index (Phi) is 6.32. The Morgan fingerprint density at radius 3 is 2.57 bits per heavy atom. The van der Waals surface area contributed by atoms with Crippen LogP contribution in [0.1, 0.15) is 18.1 Å². The van der Waals surface area contributed by atoms with E-state index in [9.17, 15) is 9.59 Å². The van der Waals surface area contributed by atoms with Crippen LogP contribution in [0.15, 0.2) is 54.7 Å². The van der Waals surface area contributed by atoms with E-state index in [1.807, 2.05) is 55.5 Å². The molecule has 3 aromatic rings. The van der Waals surface area contributed by atoms with Crippen molar-refractivity contribution >= 4 is 22.8 Å². The zero-order valence-corrected chi connectivity index (χ0v) is 16.1. The van der Waals surface area contributed by atoms with Crippen LogP contribution in [0.4, 0.5) is 0 Å². The molecule has 0 radical (unpaired) electrons. The molecule has 146 valence electrons. The van der Waals surface area contributed by atoms with Gasteiger partial charge in [-0.15, -0.1) is 0 Å². The van der Waals surface area contributed by atoms with E-state index >= 15 is 0 Å². The molecule has 1 N–H and O–H groups in total. The number of rotatable bonds is 8. The quantitative estimate of drug-likeness (QED) is 0.609. The number of amides is 1. The van der Waals surface area contributed by atoms with Crippen LogP contribution in [-0.2, 0) is 27.3 Å². The van der Waals surface area contributed by atoms with Gasteiger partial charge in [-0.3, -0.25) is 9.59 Å². The highest BCUT2D eigenvalue weighted by atomic mass is 16.5. The number of para-hydroxylation sites is 1. The number of carbonyl (C=O) groups excluding carboxylic acids is 2. The first-order valence-electron chi connectivity index (χ1n) is 9.23. The van der Waals surface area contributed by atoms with E-state index in [1.54, 1.807) is 13.2 Å². The van der Waals surface area contributed by atoms with Crippen LogP contribution in [-0.4, -0.2) is 42.0 Å². The lowest BCUT2D eigenvalue weighted by Gasteiger charge is -2.17. The molecule has 1 heterocycles. The fourth-order valence-electron chi connectivity index (χ4n) is 2.96. The lowest BCUT2D eigenvalue weighted by molar-refractivity contribution is -0.151. The van der Waals surface area contributed by atoms with Crippen LogP contribution in [0.25, 0.3) is 10.9 Å². The molecule has 1 aromatic heterocycles. The zero-order chi connectivity index (χ0) is 19.9. The SMILES string of the molecule is CCOc1ccc(CN(C)C(=O)COC(=O)Cc2c[nH]c3ccccc23)cc1. The van der Waals surface area contributed by atoms with Gasteiger partial charge in [-0.2, -0.15) is 0 Å². The highest BCUT2D eigenvalue weighted by molar-refractivity contribution is 5.88. The lowest BCUT2D eigenvalue weighted by Crippen LogP contribution is -2.31. The maximum Gasteiger partial charge on any atom is 0.310 e. The number of likely N-dealkylation sites (N-methyl/N-ethyl adjacent to an activating group) is 1. The lowest BCUT2D eigenvalue weighted by atomic mass is 10.1. The summed E-state index contributed by atoms with van der Waals surface area (Å²) in [6, 6.07) is 15.3. The first-order chi connectivity index (χ1) is 13.6. The summed E-state index contributed by atoms with van der Waals surface area (Å²) in [6.07, 6.45) is 1.92. The van der Waals surface area contributed by atoms with Gasteiger partial charge in [0.15, 0.2) is 6.61 Å². The number of nitrogens with zero attached hydrogens (tertiary/aromatic N) is 1. The maximum atomic E-state index is 12.3. The predicted octanol–water partition coefficient (Wildman–Crippen LogP) is 3.31. The van der Waals surface area contributed by atoms with Gasteiger partial charge in [0.2, 0.25) is 0 Å². The van der Waals surface area contributed by atoms with Crippen LogP contribution in [0.2, 0.25) is 0 Å². The van der Waals surface area contributed by atoms with Crippen molar-refractivity contribution < 1.29 is 19.1 Å². The number of aromatic nitrogens is 1. The summed E-state index contributed by atoms with van der Waals surface area (Å²) in [6.45, 7) is 2.71. The molecular formula is C22H24N2O4. The fourth-order valence-corrected chi connectivity index (χ4v) is 2.96. The van der Waals surface area contributed by atoms with E-state index in [0.29, 0.717) is 13.2 Å². The molecule has 6 nitrogen and oxygen atoms in total. The predicted molar refractivity (Wildman–Crippen MR) is 107 cm³/mol. The first kappa shape index (κ1) is 19.5. The minimum atomic E-state index is -0.424. The van der Waals surface area contributed by atoms with Crippen LogP contribution < -0.4 is 4.74 Å². The molecule has 0 aliphatic carbocycles. The number of carbonyl (C=O) groups is 2. The molecule has 0 unspecified atom stereocenters. The smallest absolute Gasteiger partial charge is 0.310 e. The van der Waals surface area contributed by atoms with Crippen molar-refractivity contribution in [3.63, 3.8) is 0 Å². The Labute approximate surface area is 164 Å². The molecule has 1 amide bonds. The molecule has 0 aliphatic rings. The van der Waals surface area contributed by atoms with Crippen LogP contribution >= 0.6 is 0 Å². The summed E-state index contributed by atoms with van der Waals surface area (Å²) in [5.74, 6) is 0.125. The van der Waals surface area contributed by atoms with Crippen molar-refractivity contribution in [3.8, 4) is 5.75 Å². The molecule has 3 rings (SSSR count). The summed E-state index contributed by atoms with van der Waals surface area (Å²) < 4.78 is 10.6. The van der Waals surface area contributed by atoms with Crippen LogP contribution in [0.3, 0.4) is 0 Å². The number of ether oxygens (including phenoxy) is 2. The van der Waals surface area contributed by atoms with Crippen LogP contribution in [0.5, 0.6) is 5.75 Å². The third kappa shape index (κ3) is 4.91. The monoisotopic (exact) mass is 380 g/mol. The van der Waals surface area contributed by atoms with E-state index in [4.69, 9.17) is 9.47 Å². The van der Waals surface area contributed by atoms with Gasteiger partial charge < -0.3 is 19.4 Å². The molecule has 6 heteroatoms. The summed E-state index contributed by atoms with van der Waals surface area (Å²) in [7, 11) is 1.69. The van der Waals surface area contributed by atoms with Crippen LogP contribution in [0, 0.1) is 0 Å². The third-order valence-electron chi connectivity index (χ3n) is 4.45. The molecule has 2 aromatic carbocycles. The second-order valence-corrected chi connectivity index (χ2v) is 6.52. The number of benzene rings is 2. The molecule has 28 heavy (non-hydrogen) atoms. The number of nitrogens with one attached hydrogen (secondary N) is 1. The van der Waals surface area contributed by atoms with Crippen molar-refractivity contribution in [2.45, 2.75) is 19.9 Å². The highest BCUT2D eigenvalue weighted by Gasteiger charge is 2.14. The number of hydrogen-bond donors (Lipinski definition) is 1. The molecule has 0 fully saturated rings. The normalized spacial score (nSPS) is 10.6. The molecular weight excluding hydrogens is 356 g/mol.